The Hall–Kier alpha value is -1.26. The molecule has 0 aliphatic rings. The Kier molecular flexibility index (Phi) is 5.93. The maximum Gasteiger partial charge on any atom is 0.269 e. The van der Waals surface area contributed by atoms with Gasteiger partial charge in [-0.25, -0.2) is 0 Å². The lowest BCUT2D eigenvalue weighted by molar-refractivity contribution is -0.384. The number of nitro benzene ring substituents is 1. The third-order valence-electron chi connectivity index (χ3n) is 3.84. The molecule has 4 nitrogen and oxygen atoms in total. The van der Waals surface area contributed by atoms with Gasteiger partial charge in [-0.15, -0.1) is 0 Å². The van der Waals surface area contributed by atoms with Crippen LogP contribution in [-0.2, 0) is 18.0 Å². The molecule has 2 rings (SSSR count). The molecule has 0 radical (unpaired) electrons. The molecule has 0 saturated carbocycles. The third kappa shape index (κ3) is 4.61. The minimum atomic E-state index is -2.30. The highest BCUT2D eigenvalue weighted by Gasteiger charge is 2.25. The summed E-state index contributed by atoms with van der Waals surface area (Å²) in [4.78, 5) is 10.3. The average Bonchev–Trinajstić information content (AvgIpc) is 2.54. The summed E-state index contributed by atoms with van der Waals surface area (Å²) >= 11 is 12.4. The molecule has 2 atom stereocenters. The van der Waals surface area contributed by atoms with E-state index in [-0.39, 0.29) is 11.7 Å². The van der Waals surface area contributed by atoms with Crippen molar-refractivity contribution in [2.75, 3.05) is 7.05 Å². The second-order valence-electron chi connectivity index (χ2n) is 5.36. The van der Waals surface area contributed by atoms with Crippen molar-refractivity contribution in [2.24, 2.45) is 0 Å². The molecular weight excluding hydrogens is 351 g/mol. The first kappa shape index (κ1) is 18.1. The fraction of sp³-hybridized carbons (Fsp3) is 0.250. The van der Waals surface area contributed by atoms with Crippen LogP contribution in [-0.4, -0.2) is 16.6 Å². The van der Waals surface area contributed by atoms with Crippen LogP contribution in [0.4, 0.5) is 5.69 Å². The summed E-state index contributed by atoms with van der Waals surface area (Å²) in [5.41, 5.74) is -0.147. The van der Waals surface area contributed by atoms with Gasteiger partial charge in [0.05, 0.1) is 4.92 Å². The van der Waals surface area contributed by atoms with Gasteiger partial charge in [0.15, 0.2) is 0 Å². The van der Waals surface area contributed by atoms with Crippen LogP contribution in [0.25, 0.3) is 0 Å². The van der Waals surface area contributed by atoms with Gasteiger partial charge in [-0.1, -0.05) is 65.5 Å². The molecule has 23 heavy (non-hydrogen) atoms. The van der Waals surface area contributed by atoms with Gasteiger partial charge in [0.25, 0.3) is 5.69 Å². The highest BCUT2D eigenvalue weighted by atomic mass is 35.7. The monoisotopic (exact) mass is 368 g/mol. The number of halogens is 1. The van der Waals surface area contributed by atoms with Crippen molar-refractivity contribution >= 4 is 34.3 Å². The minimum Gasteiger partial charge on any atom is -0.259 e. The number of benzene rings is 2. The molecule has 2 aromatic carbocycles. The van der Waals surface area contributed by atoms with Gasteiger partial charge in [-0.05, 0) is 25.1 Å². The second kappa shape index (κ2) is 7.54. The topological polar surface area (TPSA) is 46.4 Å². The smallest absolute Gasteiger partial charge is 0.259 e. The molecule has 122 valence electrons. The quantitative estimate of drug-likeness (QED) is 0.392. The molecule has 0 N–H and O–H groups in total. The van der Waals surface area contributed by atoms with Gasteiger partial charge in [0.2, 0.25) is 0 Å². The van der Waals surface area contributed by atoms with E-state index >= 15 is 0 Å². The van der Waals surface area contributed by atoms with Gasteiger partial charge in [-0.2, -0.15) is 0 Å². The molecule has 0 fully saturated rings. The number of hydrogen-bond donors (Lipinski definition) is 0. The standard InChI is InChI=1S/C16H18ClN2O2PS/c1-13(15-6-4-3-5-7-15)18(2)22(17,23)12-14-8-10-16(11-9-14)19(20)21/h3-11,13H,12H2,1-2H3. The first-order chi connectivity index (χ1) is 10.8. The predicted octanol–water partition coefficient (Wildman–Crippen LogP) is 5.34. The Bertz CT molecular complexity index is 725. The van der Waals surface area contributed by atoms with Gasteiger partial charge in [-0.3, -0.25) is 14.8 Å². The summed E-state index contributed by atoms with van der Waals surface area (Å²) in [6.45, 7) is 2.08. The zero-order valence-corrected chi connectivity index (χ0v) is 15.4. The summed E-state index contributed by atoms with van der Waals surface area (Å²) in [7, 11) is 1.94. The van der Waals surface area contributed by atoms with E-state index in [1.54, 1.807) is 12.1 Å². The van der Waals surface area contributed by atoms with Crippen molar-refractivity contribution in [3.63, 3.8) is 0 Å². The van der Waals surface area contributed by atoms with Crippen molar-refractivity contribution < 1.29 is 4.92 Å². The van der Waals surface area contributed by atoms with Crippen LogP contribution in [0.3, 0.4) is 0 Å². The molecule has 7 heteroatoms. The minimum absolute atomic E-state index is 0.0719. The lowest BCUT2D eigenvalue weighted by Gasteiger charge is -2.32. The van der Waals surface area contributed by atoms with E-state index in [4.69, 9.17) is 23.0 Å². The number of non-ortho nitro benzene ring substituents is 1. The molecule has 0 aliphatic heterocycles. The van der Waals surface area contributed by atoms with E-state index in [9.17, 15) is 10.1 Å². The van der Waals surface area contributed by atoms with E-state index in [2.05, 4.69) is 19.1 Å². The number of nitrogens with zero attached hydrogens (tertiary/aromatic N) is 2. The Morgan fingerprint density at radius 2 is 1.78 bits per heavy atom. The largest absolute Gasteiger partial charge is 0.269 e. The lowest BCUT2D eigenvalue weighted by atomic mass is 10.1. The molecule has 2 unspecified atom stereocenters. The van der Waals surface area contributed by atoms with E-state index in [0.29, 0.717) is 6.16 Å². The summed E-state index contributed by atoms with van der Waals surface area (Å²) in [5, 5.41) is 10.7. The van der Waals surface area contributed by atoms with E-state index < -0.39 is 10.5 Å². The fourth-order valence-electron chi connectivity index (χ4n) is 2.27. The SMILES string of the molecule is CC(c1ccccc1)N(C)P(=S)(Cl)Cc1ccc([N+](=O)[O-])cc1. The van der Waals surface area contributed by atoms with Gasteiger partial charge in [0.1, 0.15) is 5.54 Å². The second-order valence-corrected chi connectivity index (χ2v) is 11.6. The number of hydrogen-bond acceptors (Lipinski definition) is 3. The summed E-state index contributed by atoms with van der Waals surface area (Å²) in [5.74, 6) is 0. The van der Waals surface area contributed by atoms with Crippen molar-refractivity contribution in [1.29, 1.82) is 0 Å². The Morgan fingerprint density at radius 1 is 1.22 bits per heavy atom. The molecule has 0 aliphatic carbocycles. The van der Waals surface area contributed by atoms with Crippen LogP contribution in [0.5, 0.6) is 0 Å². The maximum absolute atomic E-state index is 10.7. The summed E-state index contributed by atoms with van der Waals surface area (Å²) < 4.78 is 2.04. The van der Waals surface area contributed by atoms with Crippen molar-refractivity contribution in [1.82, 2.24) is 4.67 Å². The van der Waals surface area contributed by atoms with Gasteiger partial charge in [0, 0.05) is 24.3 Å². The van der Waals surface area contributed by atoms with Crippen molar-refractivity contribution in [2.45, 2.75) is 19.1 Å². The molecule has 0 heterocycles. The predicted molar refractivity (Wildman–Crippen MR) is 99.6 cm³/mol. The van der Waals surface area contributed by atoms with Crippen LogP contribution < -0.4 is 0 Å². The average molecular weight is 369 g/mol. The molecular formula is C16H18ClN2O2PS. The van der Waals surface area contributed by atoms with Crippen LogP contribution in [0, 0.1) is 10.1 Å². The van der Waals surface area contributed by atoms with Gasteiger partial charge < -0.3 is 0 Å². The normalized spacial score (nSPS) is 15.1. The highest BCUT2D eigenvalue weighted by Crippen LogP contribution is 2.60. The fourth-order valence-corrected chi connectivity index (χ4v) is 5.48. The number of nitro groups is 1. The van der Waals surface area contributed by atoms with Crippen LogP contribution in [0.2, 0.25) is 0 Å². The molecule has 0 spiro atoms. The van der Waals surface area contributed by atoms with E-state index in [0.717, 1.165) is 11.1 Å². The highest BCUT2D eigenvalue weighted by molar-refractivity contribution is 8.25. The molecule has 0 aromatic heterocycles. The molecule has 2 aromatic rings. The third-order valence-corrected chi connectivity index (χ3v) is 8.12. The van der Waals surface area contributed by atoms with Crippen molar-refractivity contribution in [3.05, 3.63) is 75.8 Å². The van der Waals surface area contributed by atoms with Crippen LogP contribution >= 0.6 is 16.8 Å². The van der Waals surface area contributed by atoms with Gasteiger partial charge >= 0.3 is 0 Å². The lowest BCUT2D eigenvalue weighted by Crippen LogP contribution is -2.18. The number of rotatable bonds is 6. The summed E-state index contributed by atoms with van der Waals surface area (Å²) in [6.07, 6.45) is 0.523. The van der Waals surface area contributed by atoms with E-state index in [1.807, 2.05) is 29.9 Å². The zero-order valence-electron chi connectivity index (χ0n) is 12.9. The first-order valence-electron chi connectivity index (χ1n) is 7.11. The Balaban J connectivity index is 2.14. The Morgan fingerprint density at radius 3 is 2.30 bits per heavy atom. The molecule has 0 saturated heterocycles. The molecule has 0 amide bonds. The molecule has 0 bridgehead atoms. The summed E-state index contributed by atoms with van der Waals surface area (Å²) in [6, 6.07) is 16.6. The van der Waals surface area contributed by atoms with E-state index in [1.165, 1.54) is 12.1 Å². The first-order valence-corrected chi connectivity index (χ1v) is 11.0. The maximum atomic E-state index is 10.7. The Labute approximate surface area is 146 Å². The van der Waals surface area contributed by atoms with Crippen molar-refractivity contribution in [3.8, 4) is 0 Å². The van der Waals surface area contributed by atoms with Crippen LogP contribution in [0.15, 0.2) is 54.6 Å². The van der Waals surface area contributed by atoms with Crippen LogP contribution in [0.1, 0.15) is 24.1 Å². The zero-order chi connectivity index (χ0) is 17.0.